The van der Waals surface area contributed by atoms with Gasteiger partial charge in [-0.15, -0.1) is 11.8 Å². The number of benzene rings is 3. The third-order valence-electron chi connectivity index (χ3n) is 6.51. The highest BCUT2D eigenvalue weighted by Crippen LogP contribution is 2.40. The van der Waals surface area contributed by atoms with Gasteiger partial charge in [0.1, 0.15) is 16.7 Å². The fraction of sp³-hybridized carbons (Fsp3) is 0.233. The van der Waals surface area contributed by atoms with Gasteiger partial charge in [0.2, 0.25) is 11.8 Å². The van der Waals surface area contributed by atoms with Gasteiger partial charge in [0.15, 0.2) is 0 Å². The maximum atomic E-state index is 13.6. The molecule has 10 heteroatoms. The number of methoxy groups -OCH3 is 2. The molecule has 0 radical (unpaired) electrons. The van der Waals surface area contributed by atoms with E-state index in [1.165, 1.54) is 26.0 Å². The smallest absolute Gasteiger partial charge is 0.307 e. The number of aliphatic carboxylic acids is 1. The number of thioether (sulfide) groups is 1. The summed E-state index contributed by atoms with van der Waals surface area (Å²) in [4.78, 5) is 39.0. The molecule has 3 unspecified atom stereocenters. The second-order valence-electron chi connectivity index (χ2n) is 9.10. The van der Waals surface area contributed by atoms with Gasteiger partial charge in [-0.1, -0.05) is 60.2 Å². The van der Waals surface area contributed by atoms with Crippen LogP contribution >= 0.6 is 23.4 Å². The number of ether oxygens (including phenoxy) is 2. The molecule has 3 atom stereocenters. The molecule has 0 heterocycles. The van der Waals surface area contributed by atoms with Gasteiger partial charge in [-0.2, -0.15) is 0 Å². The molecule has 2 amide bonds. The minimum atomic E-state index is -0.986. The van der Waals surface area contributed by atoms with E-state index in [4.69, 9.17) is 21.1 Å². The molecule has 8 nitrogen and oxygen atoms in total. The Morgan fingerprint density at radius 1 is 0.900 bits per heavy atom. The van der Waals surface area contributed by atoms with E-state index in [1.807, 2.05) is 42.5 Å². The zero-order chi connectivity index (χ0) is 28.6. The van der Waals surface area contributed by atoms with Gasteiger partial charge in [-0.05, 0) is 42.7 Å². The van der Waals surface area contributed by atoms with Gasteiger partial charge >= 0.3 is 5.97 Å². The summed E-state index contributed by atoms with van der Waals surface area (Å²) in [6.45, 7) is 0. The van der Waals surface area contributed by atoms with E-state index < -0.39 is 23.1 Å². The molecule has 0 bridgehead atoms. The number of allylic oxidation sites excluding steroid dienone is 2. The van der Waals surface area contributed by atoms with Crippen molar-refractivity contribution in [2.45, 2.75) is 23.0 Å². The van der Waals surface area contributed by atoms with Crippen LogP contribution in [-0.4, -0.2) is 37.1 Å². The average molecular weight is 581 g/mol. The van der Waals surface area contributed by atoms with Crippen molar-refractivity contribution in [1.82, 2.24) is 0 Å². The summed E-state index contributed by atoms with van der Waals surface area (Å²) in [6.07, 6.45) is 4.32. The number of hydrogen-bond donors (Lipinski definition) is 3. The van der Waals surface area contributed by atoms with Crippen LogP contribution in [0.4, 0.5) is 11.4 Å². The first-order valence-corrected chi connectivity index (χ1v) is 13.8. The van der Waals surface area contributed by atoms with Crippen LogP contribution in [0.25, 0.3) is 0 Å². The average Bonchev–Trinajstić information content (AvgIpc) is 2.96. The number of rotatable bonds is 10. The Kier molecular flexibility index (Phi) is 9.74. The van der Waals surface area contributed by atoms with Crippen LogP contribution in [0, 0.1) is 11.8 Å². The molecule has 3 N–H and O–H groups in total. The zero-order valence-electron chi connectivity index (χ0n) is 21.9. The molecule has 3 aromatic rings. The third-order valence-corrected chi connectivity index (χ3v) is 8.06. The fourth-order valence-electron chi connectivity index (χ4n) is 4.45. The number of hydrogen-bond acceptors (Lipinski definition) is 6. The Morgan fingerprint density at radius 3 is 2.27 bits per heavy atom. The lowest BCUT2D eigenvalue weighted by molar-refractivity contribution is -0.146. The van der Waals surface area contributed by atoms with Crippen LogP contribution < -0.4 is 20.1 Å². The van der Waals surface area contributed by atoms with E-state index in [-0.39, 0.29) is 11.8 Å². The van der Waals surface area contributed by atoms with Crippen molar-refractivity contribution in [1.29, 1.82) is 0 Å². The molecule has 0 aliphatic heterocycles. The van der Waals surface area contributed by atoms with Gasteiger partial charge in [-0.3, -0.25) is 14.4 Å². The van der Waals surface area contributed by atoms with Gasteiger partial charge in [0.25, 0.3) is 0 Å². The standard InChI is InChI=1S/C30H29ClN2O6S/c1-38-25-17-26(39-2)24(16-23(25)31)33-29(35)27(18-9-4-3-5-10-18)40-20-12-8-11-19(15-20)32-28(34)21-13-6-7-14-22(21)30(36)37/h3-12,15-17,21-22,27H,13-14H2,1-2H3,(H,32,34)(H,33,35)(H,36,37). The number of amides is 2. The number of carbonyl (C=O) groups excluding carboxylic acids is 2. The molecule has 1 aliphatic carbocycles. The summed E-state index contributed by atoms with van der Waals surface area (Å²) in [5.41, 5.74) is 1.69. The molecule has 40 heavy (non-hydrogen) atoms. The largest absolute Gasteiger partial charge is 0.495 e. The first-order chi connectivity index (χ1) is 19.3. The minimum Gasteiger partial charge on any atom is -0.495 e. The number of carboxylic acid groups (broad SMARTS) is 1. The second-order valence-corrected chi connectivity index (χ2v) is 10.7. The summed E-state index contributed by atoms with van der Waals surface area (Å²) < 4.78 is 10.7. The van der Waals surface area contributed by atoms with Crippen LogP contribution in [0.2, 0.25) is 5.02 Å². The van der Waals surface area contributed by atoms with Crippen LogP contribution in [0.3, 0.4) is 0 Å². The maximum Gasteiger partial charge on any atom is 0.307 e. The molecule has 208 valence electrons. The summed E-state index contributed by atoms with van der Waals surface area (Å²) in [5.74, 6) is -2.25. The predicted molar refractivity (Wildman–Crippen MR) is 156 cm³/mol. The lowest BCUT2D eigenvalue weighted by Gasteiger charge is -2.24. The predicted octanol–water partition coefficient (Wildman–Crippen LogP) is 6.43. The molecular formula is C30H29ClN2O6S. The van der Waals surface area contributed by atoms with Crippen molar-refractivity contribution in [3.8, 4) is 11.5 Å². The first-order valence-electron chi connectivity index (χ1n) is 12.5. The SMILES string of the molecule is COc1cc(OC)c(NC(=O)C(Sc2cccc(NC(=O)C3CC=CCC3C(=O)O)c2)c2ccccc2)cc1Cl. The molecule has 0 fully saturated rings. The number of halogens is 1. The Morgan fingerprint density at radius 2 is 1.60 bits per heavy atom. The zero-order valence-corrected chi connectivity index (χ0v) is 23.5. The van der Waals surface area contributed by atoms with Crippen LogP contribution in [-0.2, 0) is 14.4 Å². The molecular weight excluding hydrogens is 552 g/mol. The number of anilines is 2. The number of carboxylic acids is 1. The number of carbonyl (C=O) groups is 3. The van der Waals surface area contributed by atoms with Gasteiger partial charge in [0.05, 0.1) is 36.8 Å². The summed E-state index contributed by atoms with van der Waals surface area (Å²) in [6, 6.07) is 19.6. The molecule has 0 saturated heterocycles. The van der Waals surface area contributed by atoms with Crippen LogP contribution in [0.15, 0.2) is 83.8 Å². The van der Waals surface area contributed by atoms with Gasteiger partial charge < -0.3 is 25.2 Å². The van der Waals surface area contributed by atoms with E-state index in [9.17, 15) is 19.5 Å². The maximum absolute atomic E-state index is 13.6. The third kappa shape index (κ3) is 6.97. The molecule has 1 aliphatic rings. The molecule has 0 saturated carbocycles. The molecule has 4 rings (SSSR count). The normalized spacial score (nSPS) is 17.0. The summed E-state index contributed by atoms with van der Waals surface area (Å²) in [5, 5.41) is 15.0. The Hall–Kier alpha value is -3.95. The Balaban J connectivity index is 1.56. The first kappa shape index (κ1) is 29.0. The quantitative estimate of drug-likeness (QED) is 0.187. The van der Waals surface area contributed by atoms with Crippen molar-refractivity contribution >= 4 is 52.5 Å². The Bertz CT molecular complexity index is 1410. The highest BCUT2D eigenvalue weighted by molar-refractivity contribution is 8.00. The summed E-state index contributed by atoms with van der Waals surface area (Å²) in [7, 11) is 2.98. The molecule has 3 aromatic carbocycles. The topological polar surface area (TPSA) is 114 Å². The van der Waals surface area contributed by atoms with Crippen molar-refractivity contribution < 1.29 is 29.0 Å². The highest BCUT2D eigenvalue weighted by atomic mass is 35.5. The van der Waals surface area contributed by atoms with Crippen molar-refractivity contribution in [2.75, 3.05) is 24.9 Å². The van der Waals surface area contributed by atoms with E-state index >= 15 is 0 Å². The minimum absolute atomic E-state index is 0.302. The van der Waals surface area contributed by atoms with Crippen LogP contribution in [0.5, 0.6) is 11.5 Å². The lowest BCUT2D eigenvalue weighted by Crippen LogP contribution is -2.34. The Labute approximate surface area is 241 Å². The van der Waals surface area contributed by atoms with Crippen molar-refractivity contribution in [3.05, 3.63) is 89.5 Å². The van der Waals surface area contributed by atoms with Gasteiger partial charge in [-0.25, -0.2) is 0 Å². The van der Waals surface area contributed by atoms with E-state index in [1.54, 1.807) is 36.4 Å². The van der Waals surface area contributed by atoms with Crippen molar-refractivity contribution in [2.24, 2.45) is 11.8 Å². The van der Waals surface area contributed by atoms with E-state index in [0.29, 0.717) is 40.7 Å². The molecule has 0 spiro atoms. The number of nitrogens with one attached hydrogen (secondary N) is 2. The van der Waals surface area contributed by atoms with E-state index in [0.717, 1.165) is 10.5 Å². The van der Waals surface area contributed by atoms with Crippen molar-refractivity contribution in [3.63, 3.8) is 0 Å². The highest BCUT2D eigenvalue weighted by Gasteiger charge is 2.34. The monoisotopic (exact) mass is 580 g/mol. The van der Waals surface area contributed by atoms with Gasteiger partial charge in [0, 0.05) is 16.6 Å². The lowest BCUT2D eigenvalue weighted by atomic mass is 9.82. The fourth-order valence-corrected chi connectivity index (χ4v) is 5.78. The summed E-state index contributed by atoms with van der Waals surface area (Å²) >= 11 is 7.61. The second kappa shape index (κ2) is 13.4. The molecule has 0 aromatic heterocycles. The van der Waals surface area contributed by atoms with Crippen LogP contribution in [0.1, 0.15) is 23.7 Å². The van der Waals surface area contributed by atoms with E-state index in [2.05, 4.69) is 10.6 Å².